The Morgan fingerprint density at radius 3 is 2.10 bits per heavy atom. The predicted octanol–water partition coefficient (Wildman–Crippen LogP) is 5.33. The monoisotopic (exact) mass is 429 g/mol. The zero-order valence-corrected chi connectivity index (χ0v) is 19.0. The van der Waals surface area contributed by atoms with Crippen molar-refractivity contribution in [3.8, 4) is 0 Å². The summed E-state index contributed by atoms with van der Waals surface area (Å²) in [6.07, 6.45) is 0. The molecule has 31 heavy (non-hydrogen) atoms. The molecule has 158 valence electrons. The van der Waals surface area contributed by atoms with Gasteiger partial charge in [0.25, 0.3) is 0 Å². The maximum absolute atomic E-state index is 14.1. The summed E-state index contributed by atoms with van der Waals surface area (Å²) in [6.45, 7) is 3.42. The van der Waals surface area contributed by atoms with Crippen LogP contribution in [0.1, 0.15) is 22.6 Å². The van der Waals surface area contributed by atoms with Gasteiger partial charge in [-0.25, -0.2) is 4.98 Å². The molecule has 1 heterocycles. The van der Waals surface area contributed by atoms with E-state index in [0.29, 0.717) is 6.54 Å². The number of rotatable bonds is 7. The van der Waals surface area contributed by atoms with Crippen molar-refractivity contribution in [2.75, 3.05) is 32.1 Å². The highest BCUT2D eigenvalue weighted by molar-refractivity contribution is 7.22. The zero-order chi connectivity index (χ0) is 21.8. The molecule has 0 saturated heterocycles. The molecule has 0 aliphatic rings. The van der Waals surface area contributed by atoms with Gasteiger partial charge in [0.05, 0.1) is 16.1 Å². The van der Waals surface area contributed by atoms with Crippen molar-refractivity contribution < 1.29 is 4.79 Å². The molecule has 0 bridgehead atoms. The minimum atomic E-state index is -0.377. The van der Waals surface area contributed by atoms with Gasteiger partial charge in [-0.3, -0.25) is 9.69 Å². The average Bonchev–Trinajstić information content (AvgIpc) is 3.18. The number of fused-ring (bicyclic) bond motifs is 1. The fraction of sp³-hybridized carbons (Fsp3) is 0.231. The van der Waals surface area contributed by atoms with Gasteiger partial charge in [-0.05, 0) is 49.8 Å². The van der Waals surface area contributed by atoms with Crippen molar-refractivity contribution in [2.45, 2.75) is 12.8 Å². The lowest BCUT2D eigenvalue weighted by atomic mass is 9.90. The number of carbonyl (C=O) groups excluding carboxylic acids is 1. The molecule has 4 aromatic rings. The van der Waals surface area contributed by atoms with Crippen LogP contribution in [-0.2, 0) is 4.79 Å². The second kappa shape index (κ2) is 9.41. The Hall–Kier alpha value is -3.02. The number of anilines is 1. The normalized spacial score (nSPS) is 11.4. The van der Waals surface area contributed by atoms with Crippen molar-refractivity contribution in [2.24, 2.45) is 0 Å². The molecule has 3 aromatic carbocycles. The lowest BCUT2D eigenvalue weighted by molar-refractivity contribution is -0.119. The van der Waals surface area contributed by atoms with Crippen LogP contribution in [0, 0.1) is 6.92 Å². The molecule has 0 aliphatic heterocycles. The van der Waals surface area contributed by atoms with Crippen molar-refractivity contribution in [3.63, 3.8) is 0 Å². The van der Waals surface area contributed by atoms with Crippen LogP contribution in [0.25, 0.3) is 10.2 Å². The van der Waals surface area contributed by atoms with Gasteiger partial charge in [-0.15, -0.1) is 0 Å². The van der Waals surface area contributed by atoms with Crippen molar-refractivity contribution in [1.82, 2.24) is 9.88 Å². The van der Waals surface area contributed by atoms with E-state index in [1.807, 2.05) is 85.7 Å². The molecule has 0 fully saturated rings. The number of amides is 1. The van der Waals surface area contributed by atoms with Crippen LogP contribution in [0.2, 0.25) is 0 Å². The average molecular weight is 430 g/mol. The highest BCUT2D eigenvalue weighted by Crippen LogP contribution is 2.33. The van der Waals surface area contributed by atoms with E-state index in [0.717, 1.165) is 33.0 Å². The first kappa shape index (κ1) is 21.2. The van der Waals surface area contributed by atoms with Crippen LogP contribution in [0.3, 0.4) is 0 Å². The maximum Gasteiger partial charge on any atom is 0.240 e. The molecule has 4 rings (SSSR count). The standard InChI is InChI=1S/C26H27N3OS/c1-19-14-15-22-23(18-19)31-26(27-22)29(17-16-28(2)3)25(30)24(20-10-6-4-7-11-20)21-12-8-5-9-13-21/h4-15,18,24H,16-17H2,1-3H3. The van der Waals surface area contributed by atoms with Crippen molar-refractivity contribution in [3.05, 3.63) is 95.6 Å². The molecular formula is C26H27N3OS. The number of benzene rings is 3. The molecule has 0 unspecified atom stereocenters. The lowest BCUT2D eigenvalue weighted by Gasteiger charge is -2.27. The third-order valence-corrected chi connectivity index (χ3v) is 6.35. The summed E-state index contributed by atoms with van der Waals surface area (Å²) in [6, 6.07) is 26.3. The highest BCUT2D eigenvalue weighted by Gasteiger charge is 2.30. The molecular weight excluding hydrogens is 402 g/mol. The number of aromatic nitrogens is 1. The van der Waals surface area contributed by atoms with Crippen molar-refractivity contribution in [1.29, 1.82) is 0 Å². The SMILES string of the molecule is Cc1ccc2nc(N(CCN(C)C)C(=O)C(c3ccccc3)c3ccccc3)sc2c1. The number of aryl methyl sites for hydroxylation is 1. The van der Waals surface area contributed by atoms with E-state index < -0.39 is 0 Å². The predicted molar refractivity (Wildman–Crippen MR) is 130 cm³/mol. The van der Waals surface area contributed by atoms with Gasteiger partial charge < -0.3 is 4.90 Å². The number of nitrogens with zero attached hydrogens (tertiary/aromatic N) is 3. The van der Waals surface area contributed by atoms with E-state index >= 15 is 0 Å². The Morgan fingerprint density at radius 2 is 1.52 bits per heavy atom. The number of thiazole rings is 1. The van der Waals surface area contributed by atoms with Gasteiger partial charge >= 0.3 is 0 Å². The summed E-state index contributed by atoms with van der Waals surface area (Å²) in [7, 11) is 4.05. The van der Waals surface area contributed by atoms with Crippen LogP contribution >= 0.6 is 11.3 Å². The first-order chi connectivity index (χ1) is 15.0. The minimum Gasteiger partial charge on any atom is -0.308 e. The second-order valence-electron chi connectivity index (χ2n) is 8.02. The fourth-order valence-electron chi connectivity index (χ4n) is 3.66. The van der Waals surface area contributed by atoms with E-state index in [-0.39, 0.29) is 11.8 Å². The molecule has 0 atom stereocenters. The highest BCUT2D eigenvalue weighted by atomic mass is 32.1. The first-order valence-corrected chi connectivity index (χ1v) is 11.3. The Balaban J connectivity index is 1.78. The topological polar surface area (TPSA) is 36.4 Å². The first-order valence-electron chi connectivity index (χ1n) is 10.5. The van der Waals surface area contributed by atoms with E-state index in [1.165, 1.54) is 5.56 Å². The summed E-state index contributed by atoms with van der Waals surface area (Å²) in [5, 5.41) is 0.754. The summed E-state index contributed by atoms with van der Waals surface area (Å²) in [5.74, 6) is -0.326. The minimum absolute atomic E-state index is 0.0510. The molecule has 1 aromatic heterocycles. The van der Waals surface area contributed by atoms with E-state index in [1.54, 1.807) is 11.3 Å². The molecule has 1 amide bonds. The number of likely N-dealkylation sites (N-methyl/N-ethyl adjacent to an activating group) is 1. The smallest absolute Gasteiger partial charge is 0.240 e. The Kier molecular flexibility index (Phi) is 6.44. The van der Waals surface area contributed by atoms with Gasteiger partial charge in [-0.1, -0.05) is 78.1 Å². The Bertz CT molecular complexity index is 1120. The van der Waals surface area contributed by atoms with Gasteiger partial charge in [0, 0.05) is 13.1 Å². The molecule has 0 radical (unpaired) electrons. The molecule has 5 heteroatoms. The largest absolute Gasteiger partial charge is 0.308 e. The number of hydrogen-bond donors (Lipinski definition) is 0. The van der Waals surface area contributed by atoms with E-state index in [4.69, 9.17) is 4.98 Å². The maximum atomic E-state index is 14.1. The van der Waals surface area contributed by atoms with Gasteiger partial charge in [0.15, 0.2) is 5.13 Å². The van der Waals surface area contributed by atoms with E-state index in [9.17, 15) is 4.79 Å². The van der Waals surface area contributed by atoms with Gasteiger partial charge in [-0.2, -0.15) is 0 Å². The molecule has 0 aliphatic carbocycles. The third-order valence-electron chi connectivity index (χ3n) is 5.31. The summed E-state index contributed by atoms with van der Waals surface area (Å²) in [5.41, 5.74) is 4.11. The molecule has 0 saturated carbocycles. The zero-order valence-electron chi connectivity index (χ0n) is 18.2. The van der Waals surface area contributed by atoms with Crippen LogP contribution < -0.4 is 4.90 Å². The van der Waals surface area contributed by atoms with Crippen LogP contribution in [0.4, 0.5) is 5.13 Å². The van der Waals surface area contributed by atoms with Crippen molar-refractivity contribution >= 4 is 32.6 Å². The van der Waals surface area contributed by atoms with Crippen LogP contribution in [0.15, 0.2) is 78.9 Å². The Labute approximate surface area is 187 Å². The lowest BCUT2D eigenvalue weighted by Crippen LogP contribution is -2.40. The number of carbonyl (C=O) groups is 1. The molecule has 4 nitrogen and oxygen atoms in total. The fourth-order valence-corrected chi connectivity index (χ4v) is 4.75. The third kappa shape index (κ3) is 4.84. The number of hydrogen-bond acceptors (Lipinski definition) is 4. The summed E-state index contributed by atoms with van der Waals surface area (Å²) < 4.78 is 1.11. The van der Waals surface area contributed by atoms with Crippen LogP contribution in [-0.4, -0.2) is 43.0 Å². The summed E-state index contributed by atoms with van der Waals surface area (Å²) in [4.78, 5) is 22.9. The second-order valence-corrected chi connectivity index (χ2v) is 9.02. The van der Waals surface area contributed by atoms with Gasteiger partial charge in [0.2, 0.25) is 5.91 Å². The van der Waals surface area contributed by atoms with E-state index in [2.05, 4.69) is 24.0 Å². The Morgan fingerprint density at radius 1 is 0.903 bits per heavy atom. The summed E-state index contributed by atoms with van der Waals surface area (Å²) >= 11 is 1.58. The quantitative estimate of drug-likeness (QED) is 0.398. The van der Waals surface area contributed by atoms with Crippen LogP contribution in [0.5, 0.6) is 0 Å². The molecule has 0 N–H and O–H groups in total. The molecule has 0 spiro atoms. The van der Waals surface area contributed by atoms with Gasteiger partial charge in [0.1, 0.15) is 0 Å².